The molecule has 2 aromatic rings. The van der Waals surface area contributed by atoms with Crippen LogP contribution in [0.3, 0.4) is 0 Å². The van der Waals surface area contributed by atoms with E-state index in [0.29, 0.717) is 21.3 Å². The van der Waals surface area contributed by atoms with Crippen molar-refractivity contribution in [3.8, 4) is 0 Å². The molecule has 0 amide bonds. The highest BCUT2D eigenvalue weighted by Gasteiger charge is 2.20. The fourth-order valence-corrected chi connectivity index (χ4v) is 2.45. The molecule has 1 atom stereocenters. The predicted molar refractivity (Wildman–Crippen MR) is 76.3 cm³/mol. The van der Waals surface area contributed by atoms with Gasteiger partial charge in [-0.3, -0.25) is 4.98 Å². The average molecular weight is 299 g/mol. The van der Waals surface area contributed by atoms with Gasteiger partial charge in [0.15, 0.2) is 0 Å². The van der Waals surface area contributed by atoms with E-state index in [0.717, 1.165) is 5.56 Å². The number of aromatic nitrogens is 1. The molecule has 1 heterocycles. The molecule has 0 aliphatic heterocycles. The minimum absolute atomic E-state index is 0.294. The Morgan fingerprint density at radius 3 is 2.63 bits per heavy atom. The van der Waals surface area contributed by atoms with E-state index in [9.17, 15) is 4.39 Å². The van der Waals surface area contributed by atoms with E-state index in [4.69, 9.17) is 23.2 Å². The Bertz CT molecular complexity index is 602. The van der Waals surface area contributed by atoms with Crippen LogP contribution in [0.15, 0.2) is 30.5 Å². The van der Waals surface area contributed by atoms with Gasteiger partial charge in [0.05, 0.1) is 21.8 Å². The zero-order valence-electron chi connectivity index (χ0n) is 10.5. The molecule has 0 saturated carbocycles. The van der Waals surface area contributed by atoms with Crippen molar-refractivity contribution in [3.63, 3.8) is 0 Å². The molecule has 0 aliphatic carbocycles. The van der Waals surface area contributed by atoms with Gasteiger partial charge < -0.3 is 5.32 Å². The maximum Gasteiger partial charge on any atom is 0.128 e. The highest BCUT2D eigenvalue weighted by atomic mass is 35.5. The smallest absolute Gasteiger partial charge is 0.128 e. The largest absolute Gasteiger partial charge is 0.308 e. The Morgan fingerprint density at radius 2 is 2.00 bits per heavy atom. The average Bonchev–Trinajstić information content (AvgIpc) is 2.36. The van der Waals surface area contributed by atoms with Gasteiger partial charge in [0.25, 0.3) is 0 Å². The van der Waals surface area contributed by atoms with Crippen molar-refractivity contribution in [2.45, 2.75) is 13.0 Å². The zero-order chi connectivity index (χ0) is 14.0. The number of nitrogens with one attached hydrogen (secondary N) is 1. The molecule has 1 aromatic carbocycles. The molecule has 2 rings (SSSR count). The summed E-state index contributed by atoms with van der Waals surface area (Å²) in [5.41, 5.74) is 2.04. The van der Waals surface area contributed by atoms with Crippen LogP contribution in [0.25, 0.3) is 0 Å². The van der Waals surface area contributed by atoms with E-state index in [1.165, 1.54) is 12.3 Å². The van der Waals surface area contributed by atoms with Crippen LogP contribution in [0.1, 0.15) is 22.9 Å². The fraction of sp³-hybridized carbons (Fsp3) is 0.214. The lowest BCUT2D eigenvalue weighted by molar-refractivity contribution is 0.570. The number of hydrogen-bond donors (Lipinski definition) is 1. The summed E-state index contributed by atoms with van der Waals surface area (Å²) in [5, 5.41) is 3.90. The van der Waals surface area contributed by atoms with Crippen LogP contribution in [0.5, 0.6) is 0 Å². The van der Waals surface area contributed by atoms with Crippen LogP contribution in [0.2, 0.25) is 10.0 Å². The Hall–Kier alpha value is -1.16. The third-order valence-electron chi connectivity index (χ3n) is 2.86. The maximum atomic E-state index is 14.0. The summed E-state index contributed by atoms with van der Waals surface area (Å²) in [6.45, 7) is 1.91. The Morgan fingerprint density at radius 1 is 1.26 bits per heavy atom. The van der Waals surface area contributed by atoms with E-state index in [2.05, 4.69) is 10.3 Å². The molecule has 2 nitrogen and oxygen atoms in total. The first kappa shape index (κ1) is 14.3. The standard InChI is InChI=1S/C14H13Cl2FN2/c1-8-3-4-12(17)10(5-8)13(18-2)14-11(16)6-9(15)7-19-14/h3-7,13,18H,1-2H3. The summed E-state index contributed by atoms with van der Waals surface area (Å²) in [7, 11) is 1.74. The molecule has 1 aromatic heterocycles. The Labute approximate surface area is 121 Å². The van der Waals surface area contributed by atoms with Crippen LogP contribution < -0.4 is 5.32 Å². The first-order valence-corrected chi connectivity index (χ1v) is 6.52. The predicted octanol–water partition coefficient (Wildman–Crippen LogP) is 4.14. The molecule has 0 radical (unpaired) electrons. The van der Waals surface area contributed by atoms with Crippen LogP contribution in [0.4, 0.5) is 4.39 Å². The lowest BCUT2D eigenvalue weighted by atomic mass is 10.0. The third-order valence-corrected chi connectivity index (χ3v) is 3.37. The van der Waals surface area contributed by atoms with E-state index in [1.807, 2.05) is 6.92 Å². The Kier molecular flexibility index (Phi) is 4.40. The van der Waals surface area contributed by atoms with Crippen molar-refractivity contribution < 1.29 is 4.39 Å². The van der Waals surface area contributed by atoms with Gasteiger partial charge in [-0.2, -0.15) is 0 Å². The number of hydrogen-bond acceptors (Lipinski definition) is 2. The second-order valence-electron chi connectivity index (χ2n) is 4.27. The van der Waals surface area contributed by atoms with Gasteiger partial charge in [0.2, 0.25) is 0 Å². The molecule has 19 heavy (non-hydrogen) atoms. The minimum Gasteiger partial charge on any atom is -0.308 e. The monoisotopic (exact) mass is 298 g/mol. The highest BCUT2D eigenvalue weighted by molar-refractivity contribution is 6.34. The topological polar surface area (TPSA) is 24.9 Å². The summed E-state index contributed by atoms with van der Waals surface area (Å²) < 4.78 is 14.0. The van der Waals surface area contributed by atoms with Crippen LogP contribution in [0, 0.1) is 12.7 Å². The molecule has 0 saturated heterocycles. The highest BCUT2D eigenvalue weighted by Crippen LogP contribution is 2.29. The second kappa shape index (κ2) is 5.87. The molecule has 0 aliphatic rings. The fourth-order valence-electron chi connectivity index (χ4n) is 1.96. The van der Waals surface area contributed by atoms with Gasteiger partial charge >= 0.3 is 0 Å². The zero-order valence-corrected chi connectivity index (χ0v) is 12.1. The molecule has 1 unspecified atom stereocenters. The summed E-state index contributed by atoms with van der Waals surface area (Å²) in [6.07, 6.45) is 1.50. The van der Waals surface area contributed by atoms with Gasteiger partial charge in [0.1, 0.15) is 5.82 Å². The van der Waals surface area contributed by atoms with Gasteiger partial charge in [0, 0.05) is 11.8 Å². The van der Waals surface area contributed by atoms with E-state index < -0.39 is 6.04 Å². The van der Waals surface area contributed by atoms with Crippen molar-refractivity contribution >= 4 is 23.2 Å². The van der Waals surface area contributed by atoms with Gasteiger partial charge in [-0.1, -0.05) is 40.9 Å². The van der Waals surface area contributed by atoms with Gasteiger partial charge in [-0.05, 0) is 26.1 Å². The second-order valence-corrected chi connectivity index (χ2v) is 5.11. The molecular formula is C14H13Cl2FN2. The number of benzene rings is 1. The third kappa shape index (κ3) is 3.06. The number of nitrogens with zero attached hydrogens (tertiary/aromatic N) is 1. The Balaban J connectivity index is 2.52. The van der Waals surface area contributed by atoms with Crippen molar-refractivity contribution in [1.29, 1.82) is 0 Å². The number of halogens is 3. The van der Waals surface area contributed by atoms with Gasteiger partial charge in [-0.15, -0.1) is 0 Å². The van der Waals surface area contributed by atoms with Crippen molar-refractivity contribution in [1.82, 2.24) is 10.3 Å². The molecule has 5 heteroatoms. The number of rotatable bonds is 3. The minimum atomic E-state index is -0.412. The van der Waals surface area contributed by atoms with Crippen LogP contribution in [-0.4, -0.2) is 12.0 Å². The molecule has 100 valence electrons. The molecule has 0 spiro atoms. The summed E-state index contributed by atoms with van der Waals surface area (Å²) in [4.78, 5) is 4.20. The van der Waals surface area contributed by atoms with E-state index >= 15 is 0 Å². The van der Waals surface area contributed by atoms with E-state index in [1.54, 1.807) is 25.2 Å². The molecule has 0 fully saturated rings. The summed E-state index contributed by atoms with van der Waals surface area (Å²) in [5.74, 6) is -0.294. The number of pyridine rings is 1. The van der Waals surface area contributed by atoms with Crippen molar-refractivity contribution in [2.75, 3.05) is 7.05 Å². The SMILES string of the molecule is CNC(c1cc(C)ccc1F)c1ncc(Cl)cc1Cl. The quantitative estimate of drug-likeness (QED) is 0.921. The first-order valence-electron chi connectivity index (χ1n) is 5.77. The lowest BCUT2D eigenvalue weighted by Gasteiger charge is -2.18. The maximum absolute atomic E-state index is 14.0. The lowest BCUT2D eigenvalue weighted by Crippen LogP contribution is -2.20. The summed E-state index contributed by atoms with van der Waals surface area (Å²) >= 11 is 12.0. The van der Waals surface area contributed by atoms with Crippen LogP contribution >= 0.6 is 23.2 Å². The van der Waals surface area contributed by atoms with Crippen molar-refractivity contribution in [2.24, 2.45) is 0 Å². The first-order chi connectivity index (χ1) is 9.02. The van der Waals surface area contributed by atoms with Gasteiger partial charge in [-0.25, -0.2) is 4.39 Å². The van der Waals surface area contributed by atoms with Crippen LogP contribution in [-0.2, 0) is 0 Å². The van der Waals surface area contributed by atoms with Crippen molar-refractivity contribution in [3.05, 3.63) is 63.1 Å². The normalized spacial score (nSPS) is 12.5. The van der Waals surface area contributed by atoms with E-state index in [-0.39, 0.29) is 5.82 Å². The summed E-state index contributed by atoms with van der Waals surface area (Å²) in [6, 6.07) is 6.14. The molecule has 1 N–H and O–H groups in total. The molecular weight excluding hydrogens is 286 g/mol. The molecule has 0 bridgehead atoms. The number of aryl methyl sites for hydroxylation is 1.